The fourth-order valence-electron chi connectivity index (χ4n) is 4.13. The Hall–Kier alpha value is -3.89. The van der Waals surface area contributed by atoms with Crippen LogP contribution in [0.15, 0.2) is 78.4 Å². The smallest absolute Gasteiger partial charge is 0.334 e. The van der Waals surface area contributed by atoms with E-state index >= 15 is 0 Å². The van der Waals surface area contributed by atoms with E-state index in [2.05, 4.69) is 15.1 Å². The second kappa shape index (κ2) is 8.71. The SMILES string of the molecule is C[C@@H](n1ccc2nc(-c3ccc(Cl)cc3)cn2c1=O)C(O)(Cn1cncn1)c1ccc(F)cc1F. The number of imidazole rings is 1. The molecule has 0 saturated heterocycles. The molecule has 8 nitrogen and oxygen atoms in total. The van der Waals surface area contributed by atoms with E-state index in [9.17, 15) is 18.7 Å². The van der Waals surface area contributed by atoms with Gasteiger partial charge in [0, 0.05) is 34.6 Å². The highest BCUT2D eigenvalue weighted by Gasteiger charge is 2.41. The Kier molecular flexibility index (Phi) is 5.70. The van der Waals surface area contributed by atoms with Gasteiger partial charge >= 0.3 is 5.69 Å². The molecule has 0 amide bonds. The van der Waals surface area contributed by atoms with E-state index < -0.39 is 29.0 Å². The molecule has 178 valence electrons. The Labute approximate surface area is 202 Å². The van der Waals surface area contributed by atoms with E-state index in [0.717, 1.165) is 17.7 Å². The number of hydrogen-bond acceptors (Lipinski definition) is 5. The standard InChI is InChI=1S/C24H19ClF2N6O2/c1-15(24(35,12-31-14-28-13-29-31)19-7-6-18(26)10-20(19)27)32-9-8-22-30-21(11-33(22)23(32)34)16-2-4-17(25)5-3-16/h2-11,13-15,35H,12H2,1H3/t15-,24?/m1/s1. The van der Waals surface area contributed by atoms with E-state index in [1.54, 1.807) is 43.5 Å². The number of aromatic nitrogens is 6. The van der Waals surface area contributed by atoms with Gasteiger partial charge in [0.05, 0.1) is 18.3 Å². The van der Waals surface area contributed by atoms with Crippen molar-refractivity contribution in [3.05, 3.63) is 106 Å². The summed E-state index contributed by atoms with van der Waals surface area (Å²) in [7, 11) is 0. The molecule has 0 saturated carbocycles. The second-order valence-corrected chi connectivity index (χ2v) is 8.62. The third-order valence-electron chi connectivity index (χ3n) is 6.06. The van der Waals surface area contributed by atoms with Gasteiger partial charge in [-0.2, -0.15) is 5.10 Å². The van der Waals surface area contributed by atoms with E-state index in [1.807, 2.05) is 0 Å². The Morgan fingerprint density at radius 3 is 2.60 bits per heavy atom. The lowest BCUT2D eigenvalue weighted by Gasteiger charge is -2.35. The number of rotatable bonds is 6. The summed E-state index contributed by atoms with van der Waals surface area (Å²) in [5.41, 5.74) is -0.928. The van der Waals surface area contributed by atoms with Crippen molar-refractivity contribution in [2.24, 2.45) is 0 Å². The van der Waals surface area contributed by atoms with E-state index in [0.29, 0.717) is 22.4 Å². The molecule has 11 heteroatoms. The molecule has 0 bridgehead atoms. The predicted octanol–water partition coefficient (Wildman–Crippen LogP) is 3.84. The van der Waals surface area contributed by atoms with Crippen LogP contribution < -0.4 is 5.69 Å². The van der Waals surface area contributed by atoms with Crippen molar-refractivity contribution in [3.63, 3.8) is 0 Å². The molecule has 0 aliphatic heterocycles. The average Bonchev–Trinajstić information content (AvgIpc) is 3.49. The molecule has 0 spiro atoms. The number of halogens is 3. The van der Waals surface area contributed by atoms with Crippen LogP contribution in [0.4, 0.5) is 8.78 Å². The summed E-state index contributed by atoms with van der Waals surface area (Å²) in [6, 6.07) is 10.6. The minimum absolute atomic E-state index is 0.179. The lowest BCUT2D eigenvalue weighted by Crippen LogP contribution is -2.44. The molecule has 0 aliphatic carbocycles. The zero-order chi connectivity index (χ0) is 24.7. The molecule has 2 aromatic carbocycles. The van der Waals surface area contributed by atoms with Crippen LogP contribution in [0, 0.1) is 11.6 Å². The minimum Gasteiger partial charge on any atom is -0.381 e. The number of benzene rings is 2. The highest BCUT2D eigenvalue weighted by atomic mass is 35.5. The first kappa shape index (κ1) is 22.9. The highest BCUT2D eigenvalue weighted by Crippen LogP contribution is 2.36. The van der Waals surface area contributed by atoms with Crippen molar-refractivity contribution in [2.45, 2.75) is 25.1 Å². The fourth-order valence-corrected chi connectivity index (χ4v) is 4.26. The minimum atomic E-state index is -1.98. The molecule has 0 aliphatic rings. The van der Waals surface area contributed by atoms with Gasteiger partial charge in [-0.25, -0.2) is 28.2 Å². The van der Waals surface area contributed by atoms with Gasteiger partial charge in [0.25, 0.3) is 0 Å². The summed E-state index contributed by atoms with van der Waals surface area (Å²) in [4.78, 5) is 21.8. The van der Waals surface area contributed by atoms with Crippen molar-refractivity contribution in [1.82, 2.24) is 28.7 Å². The van der Waals surface area contributed by atoms with Gasteiger partial charge in [-0.15, -0.1) is 0 Å². The summed E-state index contributed by atoms with van der Waals surface area (Å²) >= 11 is 5.96. The monoisotopic (exact) mass is 496 g/mol. The van der Waals surface area contributed by atoms with Crippen molar-refractivity contribution < 1.29 is 13.9 Å². The van der Waals surface area contributed by atoms with Gasteiger partial charge in [-0.1, -0.05) is 29.8 Å². The first-order valence-electron chi connectivity index (χ1n) is 10.6. The van der Waals surface area contributed by atoms with Gasteiger partial charge in [-0.05, 0) is 31.2 Å². The summed E-state index contributed by atoms with van der Waals surface area (Å²) in [5.74, 6) is -1.73. The zero-order valence-electron chi connectivity index (χ0n) is 18.4. The molecule has 5 rings (SSSR count). The fraction of sp³-hybridized carbons (Fsp3) is 0.167. The average molecular weight is 497 g/mol. The molecular formula is C24H19ClF2N6O2. The van der Waals surface area contributed by atoms with Crippen LogP contribution in [-0.4, -0.2) is 33.8 Å². The van der Waals surface area contributed by atoms with Crippen LogP contribution in [0.5, 0.6) is 0 Å². The summed E-state index contributed by atoms with van der Waals surface area (Å²) in [6.45, 7) is 1.34. The van der Waals surface area contributed by atoms with Gasteiger partial charge in [0.2, 0.25) is 0 Å². The van der Waals surface area contributed by atoms with Gasteiger partial charge in [0.1, 0.15) is 35.5 Å². The lowest BCUT2D eigenvalue weighted by molar-refractivity contribution is -0.0346. The number of aliphatic hydroxyl groups is 1. The third-order valence-corrected chi connectivity index (χ3v) is 6.31. The van der Waals surface area contributed by atoms with Crippen LogP contribution in [-0.2, 0) is 12.1 Å². The molecule has 1 N–H and O–H groups in total. The van der Waals surface area contributed by atoms with Crippen LogP contribution in [0.25, 0.3) is 16.9 Å². The van der Waals surface area contributed by atoms with Gasteiger partial charge < -0.3 is 5.11 Å². The molecule has 3 heterocycles. The van der Waals surface area contributed by atoms with E-state index in [4.69, 9.17) is 11.6 Å². The molecule has 1 unspecified atom stereocenters. The second-order valence-electron chi connectivity index (χ2n) is 8.18. The maximum absolute atomic E-state index is 14.9. The summed E-state index contributed by atoms with van der Waals surface area (Å²) in [6.07, 6.45) is 5.70. The normalized spacial score (nSPS) is 14.2. The number of hydrogen-bond donors (Lipinski definition) is 1. The number of fused-ring (bicyclic) bond motifs is 1. The number of nitrogens with zero attached hydrogens (tertiary/aromatic N) is 6. The van der Waals surface area contributed by atoms with Crippen LogP contribution in [0.1, 0.15) is 18.5 Å². The molecule has 2 atom stereocenters. The highest BCUT2D eigenvalue weighted by molar-refractivity contribution is 6.30. The summed E-state index contributed by atoms with van der Waals surface area (Å²) in [5, 5.41) is 16.4. The Morgan fingerprint density at radius 1 is 1.14 bits per heavy atom. The van der Waals surface area contributed by atoms with Gasteiger partial charge in [-0.3, -0.25) is 8.97 Å². The Balaban J connectivity index is 1.62. The molecule has 5 aromatic rings. The molecule has 0 fully saturated rings. The predicted molar refractivity (Wildman–Crippen MR) is 125 cm³/mol. The third kappa shape index (κ3) is 4.11. The van der Waals surface area contributed by atoms with Gasteiger partial charge in [0.15, 0.2) is 0 Å². The van der Waals surface area contributed by atoms with Crippen molar-refractivity contribution in [2.75, 3.05) is 0 Å². The molecular weight excluding hydrogens is 478 g/mol. The van der Waals surface area contributed by atoms with Crippen LogP contribution >= 0.6 is 11.6 Å². The largest absolute Gasteiger partial charge is 0.381 e. The Morgan fingerprint density at radius 2 is 1.91 bits per heavy atom. The van der Waals surface area contributed by atoms with E-state index in [1.165, 1.54) is 32.5 Å². The van der Waals surface area contributed by atoms with E-state index in [-0.39, 0.29) is 12.1 Å². The van der Waals surface area contributed by atoms with Crippen molar-refractivity contribution in [3.8, 4) is 11.3 Å². The Bertz CT molecular complexity index is 1570. The molecule has 0 radical (unpaired) electrons. The first-order chi connectivity index (χ1) is 16.8. The lowest BCUT2D eigenvalue weighted by atomic mass is 9.86. The molecule has 35 heavy (non-hydrogen) atoms. The van der Waals surface area contributed by atoms with Crippen LogP contribution in [0.2, 0.25) is 5.02 Å². The summed E-state index contributed by atoms with van der Waals surface area (Å²) < 4.78 is 32.4. The van der Waals surface area contributed by atoms with Crippen molar-refractivity contribution >= 4 is 17.2 Å². The maximum Gasteiger partial charge on any atom is 0.334 e. The van der Waals surface area contributed by atoms with Crippen molar-refractivity contribution in [1.29, 1.82) is 0 Å². The zero-order valence-corrected chi connectivity index (χ0v) is 19.1. The van der Waals surface area contributed by atoms with Crippen LogP contribution in [0.3, 0.4) is 0 Å². The molecule has 3 aromatic heterocycles. The maximum atomic E-state index is 14.9. The first-order valence-corrected chi connectivity index (χ1v) is 11.0. The quantitative estimate of drug-likeness (QED) is 0.386. The topological polar surface area (TPSA) is 90.2 Å².